The van der Waals surface area contributed by atoms with Gasteiger partial charge in [0.05, 0.1) is 44.5 Å². The molecule has 3 unspecified atom stereocenters. The lowest BCUT2D eigenvalue weighted by molar-refractivity contribution is -0.143. The lowest BCUT2D eigenvalue weighted by atomic mass is 9.79. The van der Waals surface area contributed by atoms with Crippen LogP contribution in [0.1, 0.15) is 58.6 Å². The molecule has 0 saturated heterocycles. The number of nitrogens with two attached hydrogens (primary N) is 1. The highest BCUT2D eigenvalue weighted by atomic mass is 79.9. The van der Waals surface area contributed by atoms with Gasteiger partial charge in [0.2, 0.25) is 0 Å². The number of rotatable bonds is 4. The highest BCUT2D eigenvalue weighted by Crippen LogP contribution is 2.44. The Morgan fingerprint density at radius 2 is 1.52 bits per heavy atom. The summed E-state index contributed by atoms with van der Waals surface area (Å²) in [7, 11) is 0. The Morgan fingerprint density at radius 1 is 0.952 bits per heavy atom. The number of aromatic nitrogens is 2. The fourth-order valence-electron chi connectivity index (χ4n) is 5.00. The molecule has 2 aromatic carbocycles. The van der Waals surface area contributed by atoms with Crippen molar-refractivity contribution in [1.29, 1.82) is 0 Å². The topological polar surface area (TPSA) is 92.3 Å². The largest absolute Gasteiger partial charge is 0.465 e. The van der Waals surface area contributed by atoms with Crippen LogP contribution in [0, 0.1) is 0 Å². The highest BCUT2D eigenvalue weighted by molar-refractivity contribution is 9.10. The fourth-order valence-corrected chi connectivity index (χ4v) is 5.33. The van der Waals surface area contributed by atoms with Gasteiger partial charge < -0.3 is 10.8 Å². The summed E-state index contributed by atoms with van der Waals surface area (Å²) in [4.78, 5) is 21.4. The SMILES string of the molecule is CCC1C(N)C(c2ncc(Br)c(Cc3cc(C(F)(F)F)cc(C(F)(F)F)c3)n2)c2cc(C(F)(F)F)ccc2N1C(=O)O. The van der Waals surface area contributed by atoms with Gasteiger partial charge in [-0.3, -0.25) is 4.90 Å². The maximum absolute atomic E-state index is 13.6. The summed E-state index contributed by atoms with van der Waals surface area (Å²) in [6.45, 7) is 1.62. The second-order valence-corrected chi connectivity index (χ2v) is 10.4. The van der Waals surface area contributed by atoms with E-state index in [-0.39, 0.29) is 39.7 Å². The summed E-state index contributed by atoms with van der Waals surface area (Å²) in [5, 5.41) is 9.84. The van der Waals surface area contributed by atoms with Gasteiger partial charge in [-0.1, -0.05) is 6.92 Å². The number of halogens is 10. The first-order valence-corrected chi connectivity index (χ1v) is 12.9. The fraction of sp³-hybridized carbons (Fsp3) is 0.346. The van der Waals surface area contributed by atoms with Gasteiger partial charge in [-0.25, -0.2) is 14.8 Å². The van der Waals surface area contributed by atoms with Crippen LogP contribution in [-0.4, -0.2) is 33.3 Å². The van der Waals surface area contributed by atoms with Crippen LogP contribution in [0.5, 0.6) is 0 Å². The van der Waals surface area contributed by atoms with Gasteiger partial charge in [0.1, 0.15) is 5.82 Å². The van der Waals surface area contributed by atoms with Crippen LogP contribution in [0.2, 0.25) is 0 Å². The van der Waals surface area contributed by atoms with E-state index in [1.807, 2.05) is 0 Å². The molecule has 0 radical (unpaired) electrons. The van der Waals surface area contributed by atoms with Crippen LogP contribution >= 0.6 is 15.9 Å². The minimum absolute atomic E-state index is 0.0146. The zero-order valence-corrected chi connectivity index (χ0v) is 22.8. The zero-order valence-electron chi connectivity index (χ0n) is 21.2. The molecule has 0 saturated carbocycles. The van der Waals surface area contributed by atoms with Crippen molar-refractivity contribution < 1.29 is 49.4 Å². The Labute approximate surface area is 240 Å². The third-order valence-corrected chi connectivity index (χ3v) is 7.53. The predicted molar refractivity (Wildman–Crippen MR) is 135 cm³/mol. The van der Waals surface area contributed by atoms with E-state index in [4.69, 9.17) is 5.73 Å². The first-order chi connectivity index (χ1) is 19.3. The number of fused-ring (bicyclic) bond motifs is 1. The van der Waals surface area contributed by atoms with Gasteiger partial charge in [-0.15, -0.1) is 0 Å². The molecule has 3 N–H and O–H groups in total. The van der Waals surface area contributed by atoms with Crippen molar-refractivity contribution in [2.24, 2.45) is 5.73 Å². The number of nitrogens with zero attached hydrogens (tertiary/aromatic N) is 3. The van der Waals surface area contributed by atoms with Gasteiger partial charge in [-0.2, -0.15) is 39.5 Å². The Morgan fingerprint density at radius 3 is 2.02 bits per heavy atom. The number of carboxylic acid groups (broad SMARTS) is 1. The molecular weight excluding hydrogens is 651 g/mol. The number of hydrogen-bond donors (Lipinski definition) is 2. The maximum atomic E-state index is 13.6. The number of anilines is 1. The van der Waals surface area contributed by atoms with E-state index in [1.54, 1.807) is 6.92 Å². The van der Waals surface area contributed by atoms with Gasteiger partial charge in [-0.05, 0) is 69.9 Å². The maximum Gasteiger partial charge on any atom is 0.416 e. The second-order valence-electron chi connectivity index (χ2n) is 9.57. The van der Waals surface area contributed by atoms with E-state index < -0.39 is 71.3 Å². The van der Waals surface area contributed by atoms with Crippen LogP contribution in [0.25, 0.3) is 0 Å². The number of benzene rings is 2. The van der Waals surface area contributed by atoms with Gasteiger partial charge >= 0.3 is 24.6 Å². The molecule has 2 heterocycles. The molecular formula is C26H20BrF9N4O2. The third-order valence-electron chi connectivity index (χ3n) is 6.87. The second kappa shape index (κ2) is 11.0. The number of hydrogen-bond acceptors (Lipinski definition) is 4. The standard InChI is InChI=1S/C26H20BrF9N4O2/c1-2-18-21(37)20(15-9-12(24(28,29)30)3-4-19(15)40(18)23(41)42)22-38-10-16(27)17(39-22)7-11-5-13(25(31,32)33)8-14(6-11)26(34,35)36/h3-6,8-10,18,20-21H,2,7,37H2,1H3,(H,41,42). The summed E-state index contributed by atoms with van der Waals surface area (Å²) < 4.78 is 121. The molecule has 42 heavy (non-hydrogen) atoms. The summed E-state index contributed by atoms with van der Waals surface area (Å²) in [5.74, 6) is -1.39. The van der Waals surface area contributed by atoms with E-state index in [2.05, 4.69) is 25.9 Å². The van der Waals surface area contributed by atoms with Crippen molar-refractivity contribution in [2.45, 2.75) is 56.3 Å². The van der Waals surface area contributed by atoms with E-state index in [0.717, 1.165) is 29.3 Å². The molecule has 0 bridgehead atoms. The molecule has 6 nitrogen and oxygen atoms in total. The smallest absolute Gasteiger partial charge is 0.416 e. The molecule has 1 aliphatic heterocycles. The molecule has 16 heteroatoms. The molecule has 3 atom stereocenters. The quantitative estimate of drug-likeness (QED) is 0.279. The molecule has 226 valence electrons. The highest BCUT2D eigenvalue weighted by Gasteiger charge is 2.45. The van der Waals surface area contributed by atoms with Gasteiger partial charge in [0.15, 0.2) is 0 Å². The summed E-state index contributed by atoms with van der Waals surface area (Å²) >= 11 is 3.13. The van der Waals surface area contributed by atoms with Gasteiger partial charge in [0.25, 0.3) is 0 Å². The Bertz CT molecular complexity index is 1480. The van der Waals surface area contributed by atoms with E-state index >= 15 is 0 Å². The number of alkyl halides is 9. The van der Waals surface area contributed by atoms with Crippen LogP contribution < -0.4 is 10.6 Å². The van der Waals surface area contributed by atoms with Crippen molar-refractivity contribution in [3.8, 4) is 0 Å². The third kappa shape index (κ3) is 6.19. The first-order valence-electron chi connectivity index (χ1n) is 12.1. The van der Waals surface area contributed by atoms with E-state index in [1.165, 1.54) is 0 Å². The first kappa shape index (κ1) is 31.5. The number of amides is 1. The average Bonchev–Trinajstić information content (AvgIpc) is 2.87. The molecule has 3 aromatic rings. The summed E-state index contributed by atoms with van der Waals surface area (Å²) in [6.07, 6.45) is -15.7. The van der Waals surface area contributed by atoms with Gasteiger partial charge in [0, 0.05) is 18.7 Å². The van der Waals surface area contributed by atoms with Crippen molar-refractivity contribution in [3.05, 3.63) is 86.4 Å². The number of carbonyl (C=O) groups is 1. The summed E-state index contributed by atoms with van der Waals surface area (Å²) in [6, 6.07) is 1.42. The molecule has 0 fully saturated rings. The summed E-state index contributed by atoms with van der Waals surface area (Å²) in [5.41, 5.74) is 1.56. The minimum Gasteiger partial charge on any atom is -0.465 e. The van der Waals surface area contributed by atoms with E-state index in [0.29, 0.717) is 12.1 Å². The molecule has 1 aliphatic rings. The lowest BCUT2D eigenvalue weighted by Crippen LogP contribution is -2.56. The monoisotopic (exact) mass is 670 g/mol. The Hall–Kier alpha value is -3.40. The minimum atomic E-state index is -5.08. The normalized spacial score (nSPS) is 19.5. The van der Waals surface area contributed by atoms with Crippen LogP contribution in [-0.2, 0) is 24.9 Å². The Balaban J connectivity index is 1.87. The molecule has 4 rings (SSSR count). The zero-order chi connectivity index (χ0) is 31.4. The molecule has 1 amide bonds. The average molecular weight is 671 g/mol. The van der Waals surface area contributed by atoms with Crippen molar-refractivity contribution >= 4 is 27.7 Å². The van der Waals surface area contributed by atoms with Crippen LogP contribution in [0.3, 0.4) is 0 Å². The van der Waals surface area contributed by atoms with Crippen molar-refractivity contribution in [1.82, 2.24) is 9.97 Å². The molecule has 0 spiro atoms. The molecule has 0 aliphatic carbocycles. The van der Waals surface area contributed by atoms with Crippen LogP contribution in [0.4, 0.5) is 50.0 Å². The van der Waals surface area contributed by atoms with Crippen molar-refractivity contribution in [3.63, 3.8) is 0 Å². The predicted octanol–water partition coefficient (Wildman–Crippen LogP) is 7.62. The Kier molecular flexibility index (Phi) is 8.28. The molecule has 1 aromatic heterocycles. The van der Waals surface area contributed by atoms with Crippen molar-refractivity contribution in [2.75, 3.05) is 4.90 Å². The van der Waals surface area contributed by atoms with Crippen LogP contribution in [0.15, 0.2) is 47.1 Å². The lowest BCUT2D eigenvalue weighted by Gasteiger charge is -2.43. The van der Waals surface area contributed by atoms with E-state index in [9.17, 15) is 49.4 Å².